The van der Waals surface area contributed by atoms with Gasteiger partial charge in [-0.15, -0.1) is 13.1 Å². The van der Waals surface area contributed by atoms with Crippen LogP contribution in [0.1, 0.15) is 61.8 Å². The SMILES string of the molecule is C[C@]12CCC3c4ccc(O)cc4CCC3C1CC(CCOCC[N-]CCc1ccccn1)[C@@H]2O.[Cl][Pt][Cl]. The molecule has 5 nitrogen and oxygen atoms in total. The molecular formula is C29H39Cl2N2O3Pt-. The van der Waals surface area contributed by atoms with Crippen molar-refractivity contribution >= 4 is 18.8 Å². The Morgan fingerprint density at radius 1 is 1.16 bits per heavy atom. The van der Waals surface area contributed by atoms with Gasteiger partial charge >= 0.3 is 35.3 Å². The van der Waals surface area contributed by atoms with Crippen LogP contribution in [0.25, 0.3) is 5.32 Å². The van der Waals surface area contributed by atoms with Crippen molar-refractivity contribution in [1.82, 2.24) is 4.98 Å². The van der Waals surface area contributed by atoms with Gasteiger partial charge in [0.25, 0.3) is 0 Å². The minimum atomic E-state index is -0.472. The molecule has 0 saturated heterocycles. The molecule has 8 heteroatoms. The fourth-order valence-corrected chi connectivity index (χ4v) is 7.31. The summed E-state index contributed by atoms with van der Waals surface area (Å²) in [5.41, 5.74) is 3.89. The maximum atomic E-state index is 11.3. The maximum absolute atomic E-state index is 11.3. The molecule has 1 aromatic heterocycles. The number of ether oxygens (including phenoxy) is 1. The zero-order chi connectivity index (χ0) is 26.3. The molecule has 0 aliphatic heterocycles. The van der Waals surface area contributed by atoms with Crippen molar-refractivity contribution in [3.05, 3.63) is 64.7 Å². The number of hydrogen-bond acceptors (Lipinski definition) is 4. The fourth-order valence-electron chi connectivity index (χ4n) is 7.31. The second kappa shape index (κ2) is 14.1. The average molecular weight is 730 g/mol. The number of aliphatic hydroxyl groups is 1. The monoisotopic (exact) mass is 728 g/mol. The Balaban J connectivity index is 0.00000102. The molecule has 1 aromatic carbocycles. The zero-order valence-electron chi connectivity index (χ0n) is 21.5. The summed E-state index contributed by atoms with van der Waals surface area (Å²) in [5, 5.41) is 25.8. The molecule has 3 aliphatic carbocycles. The van der Waals surface area contributed by atoms with Crippen LogP contribution in [-0.2, 0) is 34.1 Å². The van der Waals surface area contributed by atoms with Crippen molar-refractivity contribution in [2.75, 3.05) is 26.3 Å². The molecule has 208 valence electrons. The van der Waals surface area contributed by atoms with Gasteiger partial charge in [0.1, 0.15) is 5.75 Å². The number of aryl methyl sites for hydroxylation is 1. The second-order valence-electron chi connectivity index (χ2n) is 11.0. The molecule has 2 fully saturated rings. The van der Waals surface area contributed by atoms with Crippen molar-refractivity contribution in [2.24, 2.45) is 23.2 Å². The van der Waals surface area contributed by atoms with Gasteiger partial charge in [-0.3, -0.25) is 4.98 Å². The van der Waals surface area contributed by atoms with E-state index in [1.807, 2.05) is 36.5 Å². The first-order valence-electron chi connectivity index (χ1n) is 13.4. The van der Waals surface area contributed by atoms with Gasteiger partial charge in [0.15, 0.2) is 0 Å². The van der Waals surface area contributed by atoms with E-state index in [0.717, 1.165) is 57.3 Å². The number of nitrogens with zero attached hydrogens (tertiary/aromatic N) is 2. The van der Waals surface area contributed by atoms with E-state index in [2.05, 4.69) is 23.3 Å². The van der Waals surface area contributed by atoms with Gasteiger partial charge in [0.2, 0.25) is 0 Å². The quantitative estimate of drug-likeness (QED) is 0.285. The fraction of sp³-hybridized carbons (Fsp3) is 0.621. The van der Waals surface area contributed by atoms with Crippen LogP contribution in [0, 0.1) is 23.2 Å². The molecule has 0 amide bonds. The summed E-state index contributed by atoms with van der Waals surface area (Å²) in [6.07, 6.45) is 8.98. The molecule has 1 heterocycles. The Kier molecular flexibility index (Phi) is 11.2. The van der Waals surface area contributed by atoms with Gasteiger partial charge in [-0.1, -0.05) is 19.1 Å². The number of hydrogen-bond donors (Lipinski definition) is 2. The van der Waals surface area contributed by atoms with Crippen LogP contribution in [0.3, 0.4) is 0 Å². The van der Waals surface area contributed by atoms with E-state index in [9.17, 15) is 10.2 Å². The standard InChI is InChI=1S/C29H39N2O3.2ClH.Pt/c1-29-12-9-25-24-8-6-23(32)18-20(24)5-7-26(25)27(29)19-21(28(29)33)11-16-34-17-15-30-14-10-22-4-2-3-13-31-22;;;/h2-4,6,8,13,18,21,25-28,32-33H,5,7,9-12,14-17,19H2,1H3;2*1H;/q-1;;;+2/p-2/t21?,25?,26?,27?,28-,29-;;;/m0.../s1. The number of pyridine rings is 1. The third kappa shape index (κ3) is 7.10. The molecule has 0 radical (unpaired) electrons. The first-order valence-corrected chi connectivity index (χ1v) is 19.0. The van der Waals surface area contributed by atoms with Gasteiger partial charge in [-0.25, -0.2) is 0 Å². The Hall–Kier alpha value is -0.682. The molecule has 0 bridgehead atoms. The van der Waals surface area contributed by atoms with Crippen molar-refractivity contribution in [2.45, 2.75) is 63.9 Å². The van der Waals surface area contributed by atoms with Gasteiger partial charge < -0.3 is 20.3 Å². The number of aliphatic hydroxyl groups excluding tert-OH is 1. The van der Waals surface area contributed by atoms with Crippen molar-refractivity contribution in [3.63, 3.8) is 0 Å². The van der Waals surface area contributed by atoms with E-state index in [0.29, 0.717) is 42.6 Å². The zero-order valence-corrected chi connectivity index (χ0v) is 25.3. The summed E-state index contributed by atoms with van der Waals surface area (Å²) >= 11 is -0.472. The van der Waals surface area contributed by atoms with Crippen LogP contribution in [0.15, 0.2) is 42.6 Å². The van der Waals surface area contributed by atoms with Crippen LogP contribution < -0.4 is 0 Å². The van der Waals surface area contributed by atoms with Crippen LogP contribution in [-0.4, -0.2) is 47.6 Å². The van der Waals surface area contributed by atoms with E-state index in [1.165, 1.54) is 17.5 Å². The van der Waals surface area contributed by atoms with Crippen molar-refractivity contribution in [3.8, 4) is 5.75 Å². The topological polar surface area (TPSA) is 76.7 Å². The van der Waals surface area contributed by atoms with Gasteiger partial charge in [-0.05, 0) is 109 Å². The van der Waals surface area contributed by atoms with E-state index in [-0.39, 0.29) is 11.5 Å². The Morgan fingerprint density at radius 2 is 2.00 bits per heavy atom. The summed E-state index contributed by atoms with van der Waals surface area (Å²) in [6, 6.07) is 12.0. The molecular weight excluding hydrogens is 690 g/mol. The average Bonchev–Trinajstić information content (AvgIpc) is 3.16. The minimum absolute atomic E-state index is 0.0288. The van der Waals surface area contributed by atoms with Crippen LogP contribution in [0.2, 0.25) is 0 Å². The van der Waals surface area contributed by atoms with Gasteiger partial charge in [0.05, 0.1) is 6.10 Å². The van der Waals surface area contributed by atoms with E-state index >= 15 is 0 Å². The molecule has 0 spiro atoms. The number of aromatic hydroxyl groups is 1. The molecule has 5 rings (SSSR count). The summed E-state index contributed by atoms with van der Waals surface area (Å²) in [5.74, 6) is 2.52. The number of aromatic nitrogens is 1. The molecule has 2 aromatic rings. The third-order valence-electron chi connectivity index (χ3n) is 9.11. The summed E-state index contributed by atoms with van der Waals surface area (Å²) < 4.78 is 5.90. The Bertz CT molecular complexity index is 985. The predicted octanol–water partition coefficient (Wildman–Crippen LogP) is 6.63. The van der Waals surface area contributed by atoms with Gasteiger partial charge in [0, 0.05) is 25.1 Å². The Morgan fingerprint density at radius 3 is 2.78 bits per heavy atom. The first-order chi connectivity index (χ1) is 18.0. The number of rotatable bonds is 9. The Labute approximate surface area is 238 Å². The van der Waals surface area contributed by atoms with Crippen molar-refractivity contribution < 1.29 is 31.4 Å². The normalized spacial score (nSPS) is 30.1. The summed E-state index contributed by atoms with van der Waals surface area (Å²) in [6.45, 7) is 5.20. The first kappa shape index (κ1) is 29.3. The third-order valence-corrected chi connectivity index (χ3v) is 9.11. The van der Waals surface area contributed by atoms with Crippen LogP contribution >= 0.6 is 18.8 Å². The number of phenols is 1. The van der Waals surface area contributed by atoms with E-state index < -0.39 is 16.5 Å². The number of phenolic OH excluding ortho intramolecular Hbond substituents is 1. The van der Waals surface area contributed by atoms with E-state index in [1.54, 1.807) is 0 Å². The summed E-state index contributed by atoms with van der Waals surface area (Å²) in [7, 11) is 9.75. The number of fused-ring (bicyclic) bond motifs is 5. The molecule has 3 aliphatic rings. The molecule has 2 saturated carbocycles. The number of benzene rings is 1. The van der Waals surface area contributed by atoms with E-state index in [4.69, 9.17) is 23.6 Å². The number of halogens is 2. The second-order valence-corrected chi connectivity index (χ2v) is 14.3. The summed E-state index contributed by atoms with van der Waals surface area (Å²) in [4.78, 5) is 4.33. The van der Waals surface area contributed by atoms with Gasteiger partial charge in [-0.2, -0.15) is 0 Å². The van der Waals surface area contributed by atoms with Crippen molar-refractivity contribution in [1.29, 1.82) is 0 Å². The molecule has 6 atom stereocenters. The molecule has 2 N–H and O–H groups in total. The van der Waals surface area contributed by atoms with Crippen LogP contribution in [0.4, 0.5) is 0 Å². The predicted molar refractivity (Wildman–Crippen MR) is 146 cm³/mol. The molecule has 37 heavy (non-hydrogen) atoms. The van der Waals surface area contributed by atoms with Crippen LogP contribution in [0.5, 0.6) is 5.75 Å². The molecule has 4 unspecified atom stereocenters.